The van der Waals surface area contributed by atoms with Gasteiger partial charge in [-0.25, -0.2) is 0 Å². The summed E-state index contributed by atoms with van der Waals surface area (Å²) >= 11 is 0. The summed E-state index contributed by atoms with van der Waals surface area (Å²) in [5.74, 6) is 0.507. The van der Waals surface area contributed by atoms with Crippen molar-refractivity contribution in [3.05, 3.63) is 28.3 Å². The Kier molecular flexibility index (Phi) is 5.93. The molecular formula is C12H19N3O3. The standard InChI is InChI=1S/C12H19N3O3/c1-2-18-12-8-10(14-6-4-3-5-13)7-11(9-12)15(16)17/h7-9,14H,2-6,13H2,1H3. The first-order valence-corrected chi connectivity index (χ1v) is 6.03. The van der Waals surface area contributed by atoms with Gasteiger partial charge in [0.1, 0.15) is 5.75 Å². The third kappa shape index (κ3) is 4.58. The molecule has 0 unspecified atom stereocenters. The van der Waals surface area contributed by atoms with Crippen LogP contribution in [0, 0.1) is 10.1 Å². The first-order valence-electron chi connectivity index (χ1n) is 6.03. The van der Waals surface area contributed by atoms with E-state index in [9.17, 15) is 10.1 Å². The molecule has 0 fully saturated rings. The highest BCUT2D eigenvalue weighted by Gasteiger charge is 2.10. The number of nitrogens with one attached hydrogen (secondary N) is 1. The van der Waals surface area contributed by atoms with Gasteiger partial charge in [-0.2, -0.15) is 0 Å². The quantitative estimate of drug-likeness (QED) is 0.421. The van der Waals surface area contributed by atoms with E-state index in [1.807, 2.05) is 6.92 Å². The molecule has 0 heterocycles. The summed E-state index contributed by atoms with van der Waals surface area (Å²) in [5.41, 5.74) is 6.13. The van der Waals surface area contributed by atoms with Crippen LogP contribution >= 0.6 is 0 Å². The van der Waals surface area contributed by atoms with Crippen molar-refractivity contribution < 1.29 is 9.66 Å². The smallest absolute Gasteiger partial charge is 0.275 e. The fourth-order valence-corrected chi connectivity index (χ4v) is 1.54. The molecule has 0 aliphatic rings. The van der Waals surface area contributed by atoms with Gasteiger partial charge in [-0.3, -0.25) is 10.1 Å². The number of unbranched alkanes of at least 4 members (excludes halogenated alkanes) is 1. The lowest BCUT2D eigenvalue weighted by molar-refractivity contribution is -0.384. The van der Waals surface area contributed by atoms with Crippen LogP contribution in [0.4, 0.5) is 11.4 Å². The maximum Gasteiger partial charge on any atom is 0.275 e. The Balaban J connectivity index is 2.72. The highest BCUT2D eigenvalue weighted by Crippen LogP contribution is 2.26. The van der Waals surface area contributed by atoms with Gasteiger partial charge in [0, 0.05) is 24.4 Å². The third-order valence-corrected chi connectivity index (χ3v) is 2.37. The van der Waals surface area contributed by atoms with Gasteiger partial charge in [-0.1, -0.05) is 0 Å². The van der Waals surface area contributed by atoms with Crippen LogP contribution in [0.5, 0.6) is 5.75 Å². The highest BCUT2D eigenvalue weighted by atomic mass is 16.6. The van der Waals surface area contributed by atoms with Crippen molar-refractivity contribution >= 4 is 11.4 Å². The monoisotopic (exact) mass is 253 g/mol. The van der Waals surface area contributed by atoms with Crippen molar-refractivity contribution in [1.82, 2.24) is 0 Å². The van der Waals surface area contributed by atoms with Crippen molar-refractivity contribution in [3.8, 4) is 5.75 Å². The number of hydrogen-bond donors (Lipinski definition) is 2. The number of hydrogen-bond acceptors (Lipinski definition) is 5. The molecule has 6 nitrogen and oxygen atoms in total. The van der Waals surface area contributed by atoms with E-state index in [2.05, 4.69) is 5.32 Å². The summed E-state index contributed by atoms with van der Waals surface area (Å²) in [7, 11) is 0. The van der Waals surface area contributed by atoms with Crippen LogP contribution in [0.25, 0.3) is 0 Å². The first kappa shape index (κ1) is 14.2. The maximum atomic E-state index is 10.8. The van der Waals surface area contributed by atoms with Crippen molar-refractivity contribution in [3.63, 3.8) is 0 Å². The molecule has 0 saturated carbocycles. The Morgan fingerprint density at radius 3 is 2.78 bits per heavy atom. The zero-order chi connectivity index (χ0) is 13.4. The Morgan fingerprint density at radius 1 is 1.39 bits per heavy atom. The maximum absolute atomic E-state index is 10.8. The number of benzene rings is 1. The number of nitrogens with two attached hydrogens (primary N) is 1. The van der Waals surface area contributed by atoms with E-state index in [4.69, 9.17) is 10.5 Å². The minimum atomic E-state index is -0.423. The van der Waals surface area contributed by atoms with E-state index >= 15 is 0 Å². The molecule has 0 amide bonds. The minimum Gasteiger partial charge on any atom is -0.494 e. The molecule has 1 aromatic rings. The fourth-order valence-electron chi connectivity index (χ4n) is 1.54. The molecule has 1 aromatic carbocycles. The first-order chi connectivity index (χ1) is 8.67. The van der Waals surface area contributed by atoms with Gasteiger partial charge in [0.15, 0.2) is 0 Å². The van der Waals surface area contributed by atoms with E-state index in [1.54, 1.807) is 6.07 Å². The SMILES string of the molecule is CCOc1cc(NCCCCN)cc([N+](=O)[O-])c1. The minimum absolute atomic E-state index is 0.0299. The normalized spacial score (nSPS) is 10.1. The molecule has 1 rings (SSSR count). The van der Waals surface area contributed by atoms with E-state index in [0.29, 0.717) is 24.6 Å². The van der Waals surface area contributed by atoms with Gasteiger partial charge in [0.25, 0.3) is 5.69 Å². The van der Waals surface area contributed by atoms with Gasteiger partial charge in [-0.15, -0.1) is 0 Å². The molecule has 0 atom stereocenters. The molecule has 0 bridgehead atoms. The van der Waals surface area contributed by atoms with Crippen molar-refractivity contribution in [2.75, 3.05) is 25.0 Å². The predicted octanol–water partition coefficient (Wildman–Crippen LogP) is 2.14. The van der Waals surface area contributed by atoms with Crippen LogP contribution in [0.2, 0.25) is 0 Å². The highest BCUT2D eigenvalue weighted by molar-refractivity contribution is 5.56. The lowest BCUT2D eigenvalue weighted by Crippen LogP contribution is -2.06. The van der Waals surface area contributed by atoms with Crippen LogP contribution in [-0.4, -0.2) is 24.6 Å². The van der Waals surface area contributed by atoms with Gasteiger partial charge >= 0.3 is 0 Å². The molecular weight excluding hydrogens is 234 g/mol. The molecule has 3 N–H and O–H groups in total. The summed E-state index contributed by atoms with van der Waals surface area (Å²) in [4.78, 5) is 10.4. The molecule has 100 valence electrons. The molecule has 6 heteroatoms. The summed E-state index contributed by atoms with van der Waals surface area (Å²) in [6, 6.07) is 4.69. The zero-order valence-electron chi connectivity index (χ0n) is 10.5. The topological polar surface area (TPSA) is 90.4 Å². The Labute approximate surface area is 106 Å². The average Bonchev–Trinajstić information content (AvgIpc) is 2.35. The predicted molar refractivity (Wildman–Crippen MR) is 71.0 cm³/mol. The lowest BCUT2D eigenvalue weighted by Gasteiger charge is -2.09. The zero-order valence-corrected chi connectivity index (χ0v) is 10.5. The van der Waals surface area contributed by atoms with Crippen LogP contribution in [0.3, 0.4) is 0 Å². The van der Waals surface area contributed by atoms with Gasteiger partial charge in [0.2, 0.25) is 0 Å². The Bertz CT molecular complexity index is 396. The molecule has 0 spiro atoms. The van der Waals surface area contributed by atoms with Crippen molar-refractivity contribution in [1.29, 1.82) is 0 Å². The van der Waals surface area contributed by atoms with Crippen molar-refractivity contribution in [2.45, 2.75) is 19.8 Å². The second kappa shape index (κ2) is 7.50. The Morgan fingerprint density at radius 2 is 2.17 bits per heavy atom. The molecule has 0 aliphatic carbocycles. The number of ether oxygens (including phenoxy) is 1. The second-order valence-electron chi connectivity index (χ2n) is 3.83. The second-order valence-corrected chi connectivity index (χ2v) is 3.83. The number of nitro benzene ring substituents is 1. The third-order valence-electron chi connectivity index (χ3n) is 2.37. The molecule has 0 saturated heterocycles. The van der Waals surface area contributed by atoms with Crippen LogP contribution < -0.4 is 15.8 Å². The van der Waals surface area contributed by atoms with Crippen LogP contribution in [0.15, 0.2) is 18.2 Å². The lowest BCUT2D eigenvalue weighted by atomic mass is 10.2. The largest absolute Gasteiger partial charge is 0.494 e. The number of nitrogens with zero attached hydrogens (tertiary/aromatic N) is 1. The summed E-state index contributed by atoms with van der Waals surface area (Å²) in [5, 5.41) is 13.9. The number of anilines is 1. The number of rotatable bonds is 8. The number of nitro groups is 1. The molecule has 18 heavy (non-hydrogen) atoms. The van der Waals surface area contributed by atoms with Gasteiger partial charge < -0.3 is 15.8 Å². The van der Waals surface area contributed by atoms with Gasteiger partial charge in [-0.05, 0) is 26.3 Å². The van der Waals surface area contributed by atoms with E-state index in [-0.39, 0.29) is 5.69 Å². The molecule has 0 radical (unpaired) electrons. The van der Waals surface area contributed by atoms with Crippen LogP contribution in [-0.2, 0) is 0 Å². The van der Waals surface area contributed by atoms with E-state index in [1.165, 1.54) is 12.1 Å². The number of non-ortho nitro benzene ring substituents is 1. The summed E-state index contributed by atoms with van der Waals surface area (Å²) in [6.45, 7) is 3.71. The fraction of sp³-hybridized carbons (Fsp3) is 0.500. The van der Waals surface area contributed by atoms with Crippen molar-refractivity contribution in [2.24, 2.45) is 5.73 Å². The molecule has 0 aromatic heterocycles. The van der Waals surface area contributed by atoms with E-state index < -0.39 is 4.92 Å². The van der Waals surface area contributed by atoms with Gasteiger partial charge in [0.05, 0.1) is 17.6 Å². The summed E-state index contributed by atoms with van der Waals surface area (Å²) in [6.07, 6.45) is 1.86. The molecule has 0 aliphatic heterocycles. The van der Waals surface area contributed by atoms with Crippen LogP contribution in [0.1, 0.15) is 19.8 Å². The van der Waals surface area contributed by atoms with E-state index in [0.717, 1.165) is 19.4 Å². The average molecular weight is 253 g/mol. The Hall–Kier alpha value is -1.82. The summed E-state index contributed by atoms with van der Waals surface area (Å²) < 4.78 is 5.30.